The van der Waals surface area contributed by atoms with Crippen molar-refractivity contribution in [2.24, 2.45) is 0 Å². The summed E-state index contributed by atoms with van der Waals surface area (Å²) in [6.07, 6.45) is 1.67. The van der Waals surface area contributed by atoms with Gasteiger partial charge in [-0.2, -0.15) is 0 Å². The van der Waals surface area contributed by atoms with Crippen LogP contribution in [0.1, 0.15) is 34.1 Å². The number of aliphatic hydroxyl groups excluding tert-OH is 1. The SMILES string of the molecule is O=C(C1=C(O)C(=O)N(C[C@@H]2CCCO2)[C@H]1c1ccccc1Cl)c1cccs1. The predicted molar refractivity (Wildman–Crippen MR) is 103 cm³/mol. The Morgan fingerprint density at radius 1 is 1.30 bits per heavy atom. The number of benzene rings is 1. The van der Waals surface area contributed by atoms with Crippen LogP contribution in [0.15, 0.2) is 53.1 Å². The van der Waals surface area contributed by atoms with Gasteiger partial charge in [-0.3, -0.25) is 9.59 Å². The molecule has 0 spiro atoms. The summed E-state index contributed by atoms with van der Waals surface area (Å²) in [7, 11) is 0. The van der Waals surface area contributed by atoms with Crippen LogP contribution >= 0.6 is 22.9 Å². The van der Waals surface area contributed by atoms with E-state index in [1.54, 1.807) is 41.8 Å². The van der Waals surface area contributed by atoms with E-state index < -0.39 is 17.7 Å². The number of rotatable bonds is 5. The Kier molecular flexibility index (Phi) is 5.04. The lowest BCUT2D eigenvalue weighted by Crippen LogP contribution is -2.37. The van der Waals surface area contributed by atoms with Gasteiger partial charge in [0.05, 0.1) is 22.6 Å². The van der Waals surface area contributed by atoms with Crippen LogP contribution in [0.25, 0.3) is 0 Å². The molecule has 2 atom stereocenters. The van der Waals surface area contributed by atoms with Gasteiger partial charge in [-0.15, -0.1) is 11.3 Å². The Bertz CT molecular complexity index is 902. The summed E-state index contributed by atoms with van der Waals surface area (Å²) >= 11 is 7.67. The second kappa shape index (κ2) is 7.46. The maximum atomic E-state index is 13.1. The quantitative estimate of drug-likeness (QED) is 0.761. The second-order valence-electron chi connectivity index (χ2n) is 6.59. The minimum Gasteiger partial charge on any atom is -0.503 e. The maximum absolute atomic E-state index is 13.1. The zero-order valence-corrected chi connectivity index (χ0v) is 16.0. The normalized spacial score (nSPS) is 22.7. The van der Waals surface area contributed by atoms with Crippen molar-refractivity contribution in [3.8, 4) is 0 Å². The van der Waals surface area contributed by atoms with Gasteiger partial charge < -0.3 is 14.7 Å². The zero-order chi connectivity index (χ0) is 19.0. The number of hydrogen-bond acceptors (Lipinski definition) is 5. The highest BCUT2D eigenvalue weighted by atomic mass is 35.5. The van der Waals surface area contributed by atoms with Crippen molar-refractivity contribution in [3.05, 3.63) is 68.6 Å². The molecule has 1 aromatic heterocycles. The highest BCUT2D eigenvalue weighted by Crippen LogP contribution is 2.42. The molecule has 1 aromatic carbocycles. The first kappa shape index (κ1) is 18.2. The molecule has 4 rings (SSSR count). The van der Waals surface area contributed by atoms with Crippen molar-refractivity contribution in [1.29, 1.82) is 0 Å². The monoisotopic (exact) mass is 403 g/mol. The number of thiophene rings is 1. The smallest absolute Gasteiger partial charge is 0.290 e. The van der Waals surface area contributed by atoms with Crippen LogP contribution in [-0.4, -0.2) is 41.0 Å². The van der Waals surface area contributed by atoms with Gasteiger partial charge in [-0.1, -0.05) is 35.9 Å². The van der Waals surface area contributed by atoms with Crippen molar-refractivity contribution in [3.63, 3.8) is 0 Å². The molecule has 0 unspecified atom stereocenters. The van der Waals surface area contributed by atoms with E-state index in [2.05, 4.69) is 0 Å². The van der Waals surface area contributed by atoms with Crippen LogP contribution in [-0.2, 0) is 9.53 Å². The Balaban J connectivity index is 1.78. The number of ketones is 1. The molecule has 1 N–H and O–H groups in total. The molecule has 0 aliphatic carbocycles. The summed E-state index contributed by atoms with van der Waals surface area (Å²) in [5, 5.41) is 12.8. The second-order valence-corrected chi connectivity index (χ2v) is 7.94. The molecule has 2 aliphatic heterocycles. The molecule has 140 valence electrons. The lowest BCUT2D eigenvalue weighted by Gasteiger charge is -2.29. The maximum Gasteiger partial charge on any atom is 0.290 e. The molecule has 2 aliphatic rings. The first-order valence-electron chi connectivity index (χ1n) is 8.76. The van der Waals surface area contributed by atoms with Crippen LogP contribution in [0.5, 0.6) is 0 Å². The molecule has 27 heavy (non-hydrogen) atoms. The van der Waals surface area contributed by atoms with Crippen molar-refractivity contribution in [2.45, 2.75) is 25.0 Å². The van der Waals surface area contributed by atoms with Crippen molar-refractivity contribution >= 4 is 34.6 Å². The van der Waals surface area contributed by atoms with Crippen LogP contribution in [0.4, 0.5) is 0 Å². The Morgan fingerprint density at radius 2 is 2.11 bits per heavy atom. The van der Waals surface area contributed by atoms with Gasteiger partial charge in [0.1, 0.15) is 0 Å². The van der Waals surface area contributed by atoms with Crippen molar-refractivity contribution < 1.29 is 19.4 Å². The molecule has 1 fully saturated rings. The molecule has 3 heterocycles. The molecule has 5 nitrogen and oxygen atoms in total. The number of Topliss-reactive ketones (excluding diaryl/α,β-unsaturated/α-hetero) is 1. The van der Waals surface area contributed by atoms with Gasteiger partial charge >= 0.3 is 0 Å². The number of nitrogens with zero attached hydrogens (tertiary/aromatic N) is 1. The molecule has 0 bridgehead atoms. The highest BCUT2D eigenvalue weighted by Gasteiger charge is 2.45. The molecule has 2 aromatic rings. The predicted octanol–water partition coefficient (Wildman–Crippen LogP) is 4.16. The average molecular weight is 404 g/mol. The van der Waals surface area contributed by atoms with E-state index in [0.29, 0.717) is 28.6 Å². The van der Waals surface area contributed by atoms with E-state index in [9.17, 15) is 14.7 Å². The number of amides is 1. The molecule has 7 heteroatoms. The van der Waals surface area contributed by atoms with E-state index in [1.807, 2.05) is 0 Å². The van der Waals surface area contributed by atoms with Gasteiger partial charge in [0.2, 0.25) is 5.78 Å². The van der Waals surface area contributed by atoms with E-state index in [0.717, 1.165) is 12.8 Å². The fraction of sp³-hybridized carbons (Fsp3) is 0.300. The van der Waals surface area contributed by atoms with Crippen LogP contribution in [0.3, 0.4) is 0 Å². The largest absolute Gasteiger partial charge is 0.503 e. The number of ether oxygens (including phenoxy) is 1. The van der Waals surface area contributed by atoms with E-state index in [4.69, 9.17) is 16.3 Å². The zero-order valence-electron chi connectivity index (χ0n) is 14.4. The topological polar surface area (TPSA) is 66.8 Å². The summed E-state index contributed by atoms with van der Waals surface area (Å²) in [6, 6.07) is 9.81. The van der Waals surface area contributed by atoms with Crippen LogP contribution in [0, 0.1) is 0 Å². The standard InChI is InChI=1S/C20H18ClNO4S/c21-14-7-2-1-6-13(14)17-16(18(23)15-8-4-10-27-15)19(24)20(25)22(17)11-12-5-3-9-26-12/h1-2,4,6-8,10,12,17,24H,3,5,9,11H2/t12-,17-/m0/s1. The summed E-state index contributed by atoms with van der Waals surface area (Å²) in [6.45, 7) is 0.962. The van der Waals surface area contributed by atoms with Crippen LogP contribution in [0.2, 0.25) is 5.02 Å². The fourth-order valence-corrected chi connectivity index (χ4v) is 4.56. The molecular formula is C20H18ClNO4S. The highest BCUT2D eigenvalue weighted by molar-refractivity contribution is 7.12. The summed E-state index contributed by atoms with van der Waals surface area (Å²) in [5.74, 6) is -1.41. The van der Waals surface area contributed by atoms with E-state index >= 15 is 0 Å². The third-order valence-electron chi connectivity index (χ3n) is 4.92. The summed E-state index contributed by atoms with van der Waals surface area (Å²) < 4.78 is 5.67. The van der Waals surface area contributed by atoms with Crippen molar-refractivity contribution in [2.75, 3.05) is 13.2 Å². The number of aliphatic hydroxyl groups is 1. The number of carbonyl (C=O) groups is 2. The average Bonchev–Trinajstić information content (AvgIpc) is 3.40. The third kappa shape index (κ3) is 3.29. The number of hydrogen-bond donors (Lipinski definition) is 1. The Morgan fingerprint density at radius 3 is 2.78 bits per heavy atom. The van der Waals surface area contributed by atoms with E-state index in [-0.39, 0.29) is 17.5 Å². The minimum atomic E-state index is -0.731. The molecule has 1 saturated heterocycles. The lowest BCUT2D eigenvalue weighted by atomic mass is 9.95. The Hall–Kier alpha value is -2.15. The molecular weight excluding hydrogens is 386 g/mol. The summed E-state index contributed by atoms with van der Waals surface area (Å²) in [5.41, 5.74) is 0.697. The first-order chi connectivity index (χ1) is 13.1. The van der Waals surface area contributed by atoms with Gasteiger partial charge in [0.25, 0.3) is 5.91 Å². The van der Waals surface area contributed by atoms with E-state index in [1.165, 1.54) is 16.2 Å². The lowest BCUT2D eigenvalue weighted by molar-refractivity contribution is -0.131. The van der Waals surface area contributed by atoms with Gasteiger partial charge in [0, 0.05) is 18.2 Å². The number of halogens is 1. The fourth-order valence-electron chi connectivity index (χ4n) is 3.64. The Labute approximate surface area is 165 Å². The van der Waals surface area contributed by atoms with Crippen molar-refractivity contribution in [1.82, 2.24) is 4.90 Å². The van der Waals surface area contributed by atoms with Gasteiger partial charge in [-0.05, 0) is 35.9 Å². The molecule has 0 saturated carbocycles. The van der Waals surface area contributed by atoms with Gasteiger partial charge in [0.15, 0.2) is 5.76 Å². The van der Waals surface area contributed by atoms with Gasteiger partial charge in [-0.25, -0.2) is 0 Å². The minimum absolute atomic E-state index is 0.0774. The van der Waals surface area contributed by atoms with Crippen LogP contribution < -0.4 is 0 Å². The third-order valence-corrected chi connectivity index (χ3v) is 6.13. The molecule has 1 amide bonds. The number of carbonyl (C=O) groups excluding carboxylic acids is 2. The summed E-state index contributed by atoms with van der Waals surface area (Å²) in [4.78, 5) is 27.9. The molecule has 0 radical (unpaired) electrons. The first-order valence-corrected chi connectivity index (χ1v) is 10.0.